The molecule has 0 radical (unpaired) electrons. The lowest BCUT2D eigenvalue weighted by atomic mass is 10.2. The van der Waals surface area contributed by atoms with Crippen LogP contribution >= 0.6 is 0 Å². The third-order valence-electron chi connectivity index (χ3n) is 1.61. The number of nitrogens with zero attached hydrogens (tertiary/aromatic N) is 1. The first-order valence-electron chi connectivity index (χ1n) is 4.21. The number of hydrogen-bond acceptors (Lipinski definition) is 2. The first kappa shape index (κ1) is 9.53. The summed E-state index contributed by atoms with van der Waals surface area (Å²) in [7, 11) is 0. The molecule has 68 valence electrons. The maximum Gasteiger partial charge on any atom is 0.126 e. The van der Waals surface area contributed by atoms with Crippen molar-refractivity contribution in [3.8, 4) is 6.07 Å². The Balaban J connectivity index is 2.83. The van der Waals surface area contributed by atoms with Gasteiger partial charge in [-0.05, 0) is 24.6 Å². The largest absolute Gasteiger partial charge is 0.385 e. The van der Waals surface area contributed by atoms with Crippen LogP contribution in [0.15, 0.2) is 18.2 Å². The Hall–Kier alpha value is -1.56. The number of rotatable bonds is 3. The summed E-state index contributed by atoms with van der Waals surface area (Å²) in [6, 6.07) is 6.15. The lowest BCUT2D eigenvalue weighted by Gasteiger charge is -2.04. The van der Waals surface area contributed by atoms with Crippen molar-refractivity contribution in [2.45, 2.75) is 13.3 Å². The van der Waals surface area contributed by atoms with Gasteiger partial charge in [-0.2, -0.15) is 5.26 Å². The third kappa shape index (κ3) is 2.75. The van der Waals surface area contributed by atoms with Gasteiger partial charge in [0.05, 0.1) is 11.6 Å². The van der Waals surface area contributed by atoms with Crippen LogP contribution in [0.2, 0.25) is 0 Å². The van der Waals surface area contributed by atoms with E-state index in [1.54, 1.807) is 6.07 Å². The number of benzene rings is 1. The topological polar surface area (TPSA) is 35.8 Å². The van der Waals surface area contributed by atoms with E-state index in [0.717, 1.165) is 13.0 Å². The van der Waals surface area contributed by atoms with Crippen LogP contribution in [0.5, 0.6) is 0 Å². The Morgan fingerprint density at radius 3 is 2.85 bits per heavy atom. The molecule has 0 aliphatic rings. The SMILES string of the molecule is CCCNc1cc(F)cc(C#N)c1. The van der Waals surface area contributed by atoms with Crippen molar-refractivity contribution < 1.29 is 4.39 Å². The predicted octanol–water partition coefficient (Wildman–Crippen LogP) is 2.52. The molecule has 0 atom stereocenters. The van der Waals surface area contributed by atoms with Gasteiger partial charge in [-0.15, -0.1) is 0 Å². The first-order chi connectivity index (χ1) is 6.26. The summed E-state index contributed by atoms with van der Waals surface area (Å²) < 4.78 is 12.9. The molecule has 0 fully saturated rings. The van der Waals surface area contributed by atoms with Crippen LogP contribution in [-0.2, 0) is 0 Å². The second-order valence-electron chi connectivity index (χ2n) is 2.77. The Morgan fingerprint density at radius 2 is 2.23 bits per heavy atom. The molecule has 0 aliphatic carbocycles. The minimum absolute atomic E-state index is 0.346. The van der Waals surface area contributed by atoms with Crippen LogP contribution in [0.1, 0.15) is 18.9 Å². The highest BCUT2D eigenvalue weighted by atomic mass is 19.1. The van der Waals surface area contributed by atoms with E-state index in [1.165, 1.54) is 12.1 Å². The van der Waals surface area contributed by atoms with Gasteiger partial charge in [0.1, 0.15) is 5.82 Å². The molecule has 0 aromatic heterocycles. The highest BCUT2D eigenvalue weighted by Gasteiger charge is 1.98. The molecular weight excluding hydrogens is 167 g/mol. The van der Waals surface area contributed by atoms with Crippen molar-refractivity contribution in [2.75, 3.05) is 11.9 Å². The quantitative estimate of drug-likeness (QED) is 0.771. The van der Waals surface area contributed by atoms with E-state index in [-0.39, 0.29) is 5.82 Å². The molecule has 1 rings (SSSR count). The van der Waals surface area contributed by atoms with Gasteiger partial charge in [0, 0.05) is 12.2 Å². The molecule has 0 unspecified atom stereocenters. The maximum absolute atomic E-state index is 12.9. The number of nitriles is 1. The maximum atomic E-state index is 12.9. The average Bonchev–Trinajstić information content (AvgIpc) is 2.14. The van der Waals surface area contributed by atoms with Crippen molar-refractivity contribution in [3.05, 3.63) is 29.6 Å². The number of nitrogens with one attached hydrogen (secondary N) is 1. The van der Waals surface area contributed by atoms with E-state index in [2.05, 4.69) is 5.32 Å². The monoisotopic (exact) mass is 178 g/mol. The lowest BCUT2D eigenvalue weighted by molar-refractivity contribution is 0.627. The molecule has 2 nitrogen and oxygen atoms in total. The van der Waals surface area contributed by atoms with Crippen LogP contribution in [0, 0.1) is 17.1 Å². The summed E-state index contributed by atoms with van der Waals surface area (Å²) in [4.78, 5) is 0. The van der Waals surface area contributed by atoms with Crippen molar-refractivity contribution in [1.29, 1.82) is 5.26 Å². The van der Waals surface area contributed by atoms with Gasteiger partial charge in [-0.3, -0.25) is 0 Å². The normalized spacial score (nSPS) is 9.31. The van der Waals surface area contributed by atoms with Crippen molar-refractivity contribution in [2.24, 2.45) is 0 Å². The molecule has 0 saturated heterocycles. The van der Waals surface area contributed by atoms with Crippen LogP contribution in [0.3, 0.4) is 0 Å². The Bertz CT molecular complexity index is 328. The van der Waals surface area contributed by atoms with Gasteiger partial charge in [-0.1, -0.05) is 6.92 Å². The first-order valence-corrected chi connectivity index (χ1v) is 4.21. The summed E-state index contributed by atoms with van der Waals surface area (Å²) in [6.07, 6.45) is 0.971. The molecule has 13 heavy (non-hydrogen) atoms. The molecule has 0 heterocycles. The average molecular weight is 178 g/mol. The van der Waals surface area contributed by atoms with Crippen LogP contribution in [-0.4, -0.2) is 6.54 Å². The minimum Gasteiger partial charge on any atom is -0.385 e. The van der Waals surface area contributed by atoms with E-state index in [9.17, 15) is 4.39 Å². The van der Waals surface area contributed by atoms with E-state index < -0.39 is 0 Å². The zero-order chi connectivity index (χ0) is 9.68. The molecule has 1 N–H and O–H groups in total. The predicted molar refractivity (Wildman–Crippen MR) is 49.9 cm³/mol. The number of anilines is 1. The Kier molecular flexibility index (Phi) is 3.27. The fourth-order valence-electron chi connectivity index (χ4n) is 1.03. The van der Waals surface area contributed by atoms with Gasteiger partial charge in [0.25, 0.3) is 0 Å². The van der Waals surface area contributed by atoms with Gasteiger partial charge in [-0.25, -0.2) is 4.39 Å². The molecule has 0 aliphatic heterocycles. The van der Waals surface area contributed by atoms with Crippen LogP contribution in [0.4, 0.5) is 10.1 Å². The molecule has 0 bridgehead atoms. The van der Waals surface area contributed by atoms with Crippen LogP contribution in [0.25, 0.3) is 0 Å². The second-order valence-corrected chi connectivity index (χ2v) is 2.77. The molecule has 0 amide bonds. The van der Waals surface area contributed by atoms with E-state index >= 15 is 0 Å². The summed E-state index contributed by atoms with van der Waals surface area (Å²) in [6.45, 7) is 2.81. The molecule has 1 aromatic rings. The standard InChI is InChI=1S/C10H11FN2/c1-2-3-13-10-5-8(7-12)4-9(11)6-10/h4-6,13H,2-3H2,1H3. The molecular formula is C10H11FN2. The fraction of sp³-hybridized carbons (Fsp3) is 0.300. The number of halogens is 1. The Morgan fingerprint density at radius 1 is 1.46 bits per heavy atom. The zero-order valence-electron chi connectivity index (χ0n) is 7.47. The van der Waals surface area contributed by atoms with Gasteiger partial charge < -0.3 is 5.32 Å². The van der Waals surface area contributed by atoms with Gasteiger partial charge in [0.2, 0.25) is 0 Å². The van der Waals surface area contributed by atoms with E-state index in [4.69, 9.17) is 5.26 Å². The smallest absolute Gasteiger partial charge is 0.126 e. The molecule has 3 heteroatoms. The summed E-state index contributed by atoms with van der Waals surface area (Å²) in [5.74, 6) is -0.377. The van der Waals surface area contributed by atoms with Gasteiger partial charge in [0.15, 0.2) is 0 Å². The van der Waals surface area contributed by atoms with Crippen LogP contribution < -0.4 is 5.32 Å². The molecule has 0 spiro atoms. The fourth-order valence-corrected chi connectivity index (χ4v) is 1.03. The number of hydrogen-bond donors (Lipinski definition) is 1. The molecule has 0 saturated carbocycles. The van der Waals surface area contributed by atoms with E-state index in [0.29, 0.717) is 11.3 Å². The van der Waals surface area contributed by atoms with Crippen molar-refractivity contribution in [1.82, 2.24) is 0 Å². The molecule has 1 aromatic carbocycles. The van der Waals surface area contributed by atoms with Crippen molar-refractivity contribution in [3.63, 3.8) is 0 Å². The Labute approximate surface area is 77.0 Å². The van der Waals surface area contributed by atoms with Gasteiger partial charge >= 0.3 is 0 Å². The zero-order valence-corrected chi connectivity index (χ0v) is 7.47. The highest BCUT2D eigenvalue weighted by molar-refractivity contribution is 5.49. The minimum atomic E-state index is -0.377. The summed E-state index contributed by atoms with van der Waals surface area (Å²) in [5.41, 5.74) is 1.01. The van der Waals surface area contributed by atoms with Crippen molar-refractivity contribution >= 4 is 5.69 Å². The summed E-state index contributed by atoms with van der Waals surface area (Å²) >= 11 is 0. The van der Waals surface area contributed by atoms with E-state index in [1.807, 2.05) is 13.0 Å². The summed E-state index contributed by atoms with van der Waals surface area (Å²) in [5, 5.41) is 11.6. The second kappa shape index (κ2) is 4.46. The lowest BCUT2D eigenvalue weighted by Crippen LogP contribution is -2.00. The highest BCUT2D eigenvalue weighted by Crippen LogP contribution is 2.13. The third-order valence-corrected chi connectivity index (χ3v) is 1.61.